The third-order valence-electron chi connectivity index (χ3n) is 3.76. The van der Waals surface area contributed by atoms with Crippen LogP contribution in [0.2, 0.25) is 5.02 Å². The molecular weight excluding hydrogens is 294 g/mol. The summed E-state index contributed by atoms with van der Waals surface area (Å²) >= 11 is 6.14. The van der Waals surface area contributed by atoms with Crippen LogP contribution in [0.4, 0.5) is 0 Å². The van der Waals surface area contributed by atoms with Gasteiger partial charge in [0.05, 0.1) is 29.0 Å². The molecular formula is C12H16ClN7O. The van der Waals surface area contributed by atoms with Crippen molar-refractivity contribution >= 4 is 17.5 Å². The van der Waals surface area contributed by atoms with Gasteiger partial charge in [0.25, 0.3) is 5.91 Å². The molecule has 1 aliphatic rings. The van der Waals surface area contributed by atoms with E-state index in [-0.39, 0.29) is 23.7 Å². The van der Waals surface area contributed by atoms with Gasteiger partial charge in [-0.1, -0.05) is 16.8 Å². The summed E-state index contributed by atoms with van der Waals surface area (Å²) in [6, 6.07) is -0.0578. The van der Waals surface area contributed by atoms with Crippen LogP contribution in [0.3, 0.4) is 0 Å². The molecule has 8 nitrogen and oxygen atoms in total. The monoisotopic (exact) mass is 309 g/mol. The summed E-state index contributed by atoms with van der Waals surface area (Å²) in [6.45, 7) is 3.21. The zero-order valence-electron chi connectivity index (χ0n) is 11.7. The van der Waals surface area contributed by atoms with Gasteiger partial charge in [0.15, 0.2) is 5.69 Å². The van der Waals surface area contributed by atoms with Gasteiger partial charge in [-0.3, -0.25) is 9.48 Å². The fourth-order valence-corrected chi connectivity index (χ4v) is 2.69. The fraction of sp³-hybridized carbons (Fsp3) is 0.500. The Kier molecular flexibility index (Phi) is 3.64. The molecule has 0 radical (unpaired) electrons. The second kappa shape index (κ2) is 5.45. The van der Waals surface area contributed by atoms with Crippen LogP contribution in [-0.2, 0) is 7.05 Å². The zero-order chi connectivity index (χ0) is 15.0. The fourth-order valence-electron chi connectivity index (χ4n) is 2.45. The maximum atomic E-state index is 12.4. The second-order valence-corrected chi connectivity index (χ2v) is 5.44. The Labute approximate surface area is 126 Å². The third kappa shape index (κ3) is 2.52. The molecule has 0 spiro atoms. The van der Waals surface area contributed by atoms with E-state index in [1.807, 2.05) is 6.92 Å². The molecule has 2 atom stereocenters. The number of nitrogens with one attached hydrogen (secondary N) is 2. The Balaban J connectivity index is 1.76. The predicted molar refractivity (Wildman–Crippen MR) is 76.1 cm³/mol. The van der Waals surface area contributed by atoms with E-state index in [4.69, 9.17) is 11.6 Å². The Hall–Kier alpha value is -1.93. The van der Waals surface area contributed by atoms with E-state index in [1.54, 1.807) is 28.8 Å². The minimum atomic E-state index is -0.275. The van der Waals surface area contributed by atoms with Gasteiger partial charge in [-0.25, -0.2) is 4.68 Å². The lowest BCUT2D eigenvalue weighted by molar-refractivity contribution is 0.0925. The number of carbonyl (C=O) groups is 1. The number of hydrogen-bond donors (Lipinski definition) is 2. The highest BCUT2D eigenvalue weighted by atomic mass is 35.5. The molecule has 0 bridgehead atoms. The third-order valence-corrected chi connectivity index (χ3v) is 4.21. The molecule has 0 saturated carbocycles. The van der Waals surface area contributed by atoms with E-state index in [2.05, 4.69) is 26.0 Å². The van der Waals surface area contributed by atoms with Crippen LogP contribution in [0, 0.1) is 6.92 Å². The minimum absolute atomic E-state index is 0.0278. The van der Waals surface area contributed by atoms with Crippen LogP contribution >= 0.6 is 11.6 Å². The van der Waals surface area contributed by atoms with Crippen molar-refractivity contribution in [3.8, 4) is 0 Å². The van der Waals surface area contributed by atoms with Gasteiger partial charge in [-0.05, 0) is 6.92 Å². The molecule has 1 saturated heterocycles. The maximum absolute atomic E-state index is 12.4. The first-order valence-corrected chi connectivity index (χ1v) is 7.02. The number of rotatable bonds is 3. The second-order valence-electron chi connectivity index (χ2n) is 5.06. The smallest absolute Gasteiger partial charge is 0.273 e. The molecule has 3 rings (SSSR count). The summed E-state index contributed by atoms with van der Waals surface area (Å²) < 4.78 is 3.34. The van der Waals surface area contributed by atoms with Crippen molar-refractivity contribution in [3.05, 3.63) is 28.8 Å². The van der Waals surface area contributed by atoms with Crippen molar-refractivity contribution < 1.29 is 4.79 Å². The molecule has 1 fully saturated rings. The van der Waals surface area contributed by atoms with Gasteiger partial charge in [-0.15, -0.1) is 5.10 Å². The van der Waals surface area contributed by atoms with E-state index >= 15 is 0 Å². The van der Waals surface area contributed by atoms with Crippen molar-refractivity contribution in [1.82, 2.24) is 35.4 Å². The predicted octanol–water partition coefficient (Wildman–Crippen LogP) is -0.0837. The average Bonchev–Trinajstić information content (AvgIpc) is 3.16. The van der Waals surface area contributed by atoms with Crippen LogP contribution in [-0.4, -0.2) is 49.8 Å². The van der Waals surface area contributed by atoms with Crippen LogP contribution < -0.4 is 10.6 Å². The normalized spacial score (nSPS) is 21.7. The summed E-state index contributed by atoms with van der Waals surface area (Å²) in [6.07, 6.45) is 3.41. The maximum Gasteiger partial charge on any atom is 0.273 e. The summed E-state index contributed by atoms with van der Waals surface area (Å²) in [7, 11) is 1.76. The Bertz CT molecular complexity index is 651. The summed E-state index contributed by atoms with van der Waals surface area (Å²) in [5, 5.41) is 18.5. The molecule has 0 aliphatic carbocycles. The lowest BCUT2D eigenvalue weighted by atomic mass is 10.1. The molecule has 1 aliphatic heterocycles. The molecule has 21 heavy (non-hydrogen) atoms. The number of aryl methyl sites for hydroxylation is 1. The summed E-state index contributed by atoms with van der Waals surface area (Å²) in [5.41, 5.74) is 1.01. The number of aromatic nitrogens is 5. The molecule has 2 aromatic heterocycles. The molecule has 0 aromatic carbocycles. The molecule has 3 heterocycles. The van der Waals surface area contributed by atoms with Crippen molar-refractivity contribution in [2.24, 2.45) is 7.05 Å². The Morgan fingerprint density at radius 3 is 2.95 bits per heavy atom. The highest BCUT2D eigenvalue weighted by Gasteiger charge is 2.32. The average molecular weight is 310 g/mol. The van der Waals surface area contributed by atoms with Crippen LogP contribution in [0.5, 0.6) is 0 Å². The number of hydrogen-bond acceptors (Lipinski definition) is 5. The van der Waals surface area contributed by atoms with Crippen molar-refractivity contribution in [2.45, 2.75) is 19.0 Å². The molecule has 2 N–H and O–H groups in total. The number of nitrogens with zero attached hydrogens (tertiary/aromatic N) is 5. The van der Waals surface area contributed by atoms with E-state index in [1.165, 1.54) is 0 Å². The van der Waals surface area contributed by atoms with Crippen LogP contribution in [0.15, 0.2) is 12.4 Å². The Morgan fingerprint density at radius 2 is 2.33 bits per heavy atom. The van der Waals surface area contributed by atoms with E-state index < -0.39 is 0 Å². The van der Waals surface area contributed by atoms with Crippen molar-refractivity contribution in [2.75, 3.05) is 13.1 Å². The van der Waals surface area contributed by atoms with Gasteiger partial charge in [-0.2, -0.15) is 5.10 Å². The van der Waals surface area contributed by atoms with E-state index in [0.717, 1.165) is 12.2 Å². The van der Waals surface area contributed by atoms with Gasteiger partial charge in [0.1, 0.15) is 0 Å². The molecule has 9 heteroatoms. The number of carbonyl (C=O) groups excluding carboxylic acids is 1. The lowest BCUT2D eigenvalue weighted by Gasteiger charge is -2.19. The molecule has 2 aromatic rings. The van der Waals surface area contributed by atoms with Crippen molar-refractivity contribution in [1.29, 1.82) is 0 Å². The SMILES string of the molecule is Cc1c(Cl)c(C(=O)N[C@@H]2CNC[C@@H]2n2ccnn2)nn1C. The highest BCUT2D eigenvalue weighted by Crippen LogP contribution is 2.20. The van der Waals surface area contributed by atoms with E-state index in [9.17, 15) is 4.79 Å². The lowest BCUT2D eigenvalue weighted by Crippen LogP contribution is -2.41. The topological polar surface area (TPSA) is 89.7 Å². The number of halogens is 1. The molecule has 1 amide bonds. The minimum Gasteiger partial charge on any atom is -0.344 e. The first kappa shape index (κ1) is 14.0. The van der Waals surface area contributed by atoms with Crippen molar-refractivity contribution in [3.63, 3.8) is 0 Å². The first-order chi connectivity index (χ1) is 10.1. The highest BCUT2D eigenvalue weighted by molar-refractivity contribution is 6.34. The standard InChI is InChI=1S/C12H16ClN7O/c1-7-10(13)11(17-19(7)2)12(21)16-8-5-14-6-9(8)20-4-3-15-18-20/h3-4,8-9,14H,5-6H2,1-2H3,(H,16,21)/t8-,9+/m1/s1. The van der Waals surface area contributed by atoms with Crippen LogP contribution in [0.1, 0.15) is 22.2 Å². The number of amides is 1. The zero-order valence-corrected chi connectivity index (χ0v) is 12.5. The first-order valence-electron chi connectivity index (χ1n) is 6.64. The summed E-state index contributed by atoms with van der Waals surface area (Å²) in [4.78, 5) is 12.4. The Morgan fingerprint density at radius 1 is 1.52 bits per heavy atom. The van der Waals surface area contributed by atoms with E-state index in [0.29, 0.717) is 11.6 Å². The molecule has 0 unspecified atom stereocenters. The largest absolute Gasteiger partial charge is 0.344 e. The van der Waals surface area contributed by atoms with Gasteiger partial charge in [0, 0.05) is 26.3 Å². The van der Waals surface area contributed by atoms with Gasteiger partial charge in [0.2, 0.25) is 0 Å². The van der Waals surface area contributed by atoms with Gasteiger partial charge < -0.3 is 10.6 Å². The van der Waals surface area contributed by atoms with Gasteiger partial charge >= 0.3 is 0 Å². The molecule has 112 valence electrons. The quantitative estimate of drug-likeness (QED) is 0.827. The summed E-state index contributed by atoms with van der Waals surface area (Å²) in [5.74, 6) is -0.275. The van der Waals surface area contributed by atoms with Crippen LogP contribution in [0.25, 0.3) is 0 Å².